The van der Waals surface area contributed by atoms with Gasteiger partial charge in [0.1, 0.15) is 0 Å². The van der Waals surface area contributed by atoms with Gasteiger partial charge < -0.3 is 10.1 Å². The molecule has 2 atom stereocenters. The lowest BCUT2D eigenvalue weighted by molar-refractivity contribution is -0.110. The highest BCUT2D eigenvalue weighted by atomic mass is 35.5. The molecule has 0 spiro atoms. The van der Waals surface area contributed by atoms with E-state index < -0.39 is 0 Å². The first-order chi connectivity index (χ1) is 10.5. The number of fused-ring (bicyclic) bond motifs is 1. The number of amides is 1. The van der Waals surface area contributed by atoms with Crippen molar-refractivity contribution in [3.05, 3.63) is 46.2 Å². The van der Waals surface area contributed by atoms with Gasteiger partial charge in [0.15, 0.2) is 0 Å². The van der Waals surface area contributed by atoms with Crippen molar-refractivity contribution in [1.29, 1.82) is 0 Å². The Balaban J connectivity index is 1.93. The molecule has 0 radical (unpaired) electrons. The first kappa shape index (κ1) is 15.2. The first-order valence-corrected chi connectivity index (χ1v) is 7.94. The van der Waals surface area contributed by atoms with Gasteiger partial charge in [0.2, 0.25) is 0 Å². The number of methoxy groups -OCH3 is 1. The molecule has 0 saturated heterocycles. The Bertz CT molecular complexity index is 690. The van der Waals surface area contributed by atoms with Crippen LogP contribution in [0.3, 0.4) is 0 Å². The van der Waals surface area contributed by atoms with Gasteiger partial charge in [0.25, 0.3) is 5.91 Å². The van der Waals surface area contributed by atoms with E-state index in [1.54, 1.807) is 13.2 Å². The van der Waals surface area contributed by atoms with Crippen LogP contribution in [0.15, 0.2) is 35.6 Å². The smallest absolute Gasteiger partial charge is 0.256 e. The average molecular weight is 318 g/mol. The number of rotatable bonds is 2. The predicted octanol–water partition coefficient (Wildman–Crippen LogP) is 4.64. The summed E-state index contributed by atoms with van der Waals surface area (Å²) in [6.45, 7) is 4.28. The lowest BCUT2D eigenvalue weighted by atomic mass is 9.81. The molecule has 1 aliphatic carbocycles. The lowest BCUT2D eigenvalue weighted by Gasteiger charge is -2.28. The fourth-order valence-corrected chi connectivity index (χ4v) is 3.79. The third kappa shape index (κ3) is 2.66. The molecule has 116 valence electrons. The van der Waals surface area contributed by atoms with Gasteiger partial charge in [-0.05, 0) is 49.5 Å². The molecule has 0 bridgehead atoms. The number of ether oxygens (including phenoxy) is 1. The van der Waals surface area contributed by atoms with Crippen LogP contribution in [-0.2, 0) is 9.53 Å². The minimum Gasteiger partial charge on any atom is -0.501 e. The van der Waals surface area contributed by atoms with Crippen LogP contribution in [0, 0.1) is 11.8 Å². The predicted molar refractivity (Wildman–Crippen MR) is 89.7 cm³/mol. The average Bonchev–Trinajstić information content (AvgIpc) is 2.75. The van der Waals surface area contributed by atoms with E-state index in [9.17, 15) is 4.79 Å². The maximum Gasteiger partial charge on any atom is 0.256 e. The maximum absolute atomic E-state index is 12.2. The summed E-state index contributed by atoms with van der Waals surface area (Å²) in [6.07, 6.45) is 4.03. The van der Waals surface area contributed by atoms with Gasteiger partial charge in [-0.25, -0.2) is 0 Å². The zero-order valence-electron chi connectivity index (χ0n) is 13.1. The molecule has 1 heterocycles. The Morgan fingerprint density at radius 3 is 2.86 bits per heavy atom. The highest BCUT2D eigenvalue weighted by Crippen LogP contribution is 2.39. The number of benzene rings is 1. The number of carbonyl (C=O) groups excluding carboxylic acids is 1. The SMILES string of the molecule is COC1=C(C)C[C@@H](/C=C2/C(=O)Nc3ccc(Cl)cc32)CC1C. The summed E-state index contributed by atoms with van der Waals surface area (Å²) >= 11 is 6.07. The van der Waals surface area contributed by atoms with E-state index in [1.165, 1.54) is 5.57 Å². The molecule has 1 unspecified atom stereocenters. The van der Waals surface area contributed by atoms with Crippen molar-refractivity contribution < 1.29 is 9.53 Å². The minimum atomic E-state index is -0.0379. The number of anilines is 1. The highest BCUT2D eigenvalue weighted by Gasteiger charge is 2.29. The molecular formula is C18H20ClNO2. The summed E-state index contributed by atoms with van der Waals surface area (Å²) in [7, 11) is 1.73. The van der Waals surface area contributed by atoms with Crippen molar-refractivity contribution in [1.82, 2.24) is 0 Å². The van der Waals surface area contributed by atoms with Gasteiger partial charge in [-0.15, -0.1) is 0 Å². The van der Waals surface area contributed by atoms with Crippen LogP contribution < -0.4 is 5.32 Å². The van der Waals surface area contributed by atoms with E-state index in [0.29, 0.717) is 16.9 Å². The third-order valence-electron chi connectivity index (χ3n) is 4.48. The van der Waals surface area contributed by atoms with Crippen molar-refractivity contribution in [3.63, 3.8) is 0 Å². The van der Waals surface area contributed by atoms with Crippen molar-refractivity contribution in [2.75, 3.05) is 12.4 Å². The molecule has 0 fully saturated rings. The van der Waals surface area contributed by atoms with Gasteiger partial charge in [-0.2, -0.15) is 0 Å². The molecule has 1 amide bonds. The molecule has 1 aliphatic heterocycles. The quantitative estimate of drug-likeness (QED) is 0.807. The van der Waals surface area contributed by atoms with E-state index in [0.717, 1.165) is 35.4 Å². The summed E-state index contributed by atoms with van der Waals surface area (Å²) in [5.74, 6) is 1.78. The summed E-state index contributed by atoms with van der Waals surface area (Å²) < 4.78 is 5.49. The topological polar surface area (TPSA) is 38.3 Å². The van der Waals surface area contributed by atoms with Gasteiger partial charge in [0.05, 0.1) is 12.9 Å². The van der Waals surface area contributed by atoms with Crippen molar-refractivity contribution in [2.45, 2.75) is 26.7 Å². The standard InChI is InChI=1S/C18H20ClNO2/c1-10-6-12(7-11(2)17(10)22-3)8-15-14-9-13(19)4-5-16(14)20-18(15)21/h4-5,8-10,12H,6-7H2,1-3H3,(H,20,21)/b15-8+/t10?,12-/m0/s1. The fourth-order valence-electron chi connectivity index (χ4n) is 3.62. The van der Waals surface area contributed by atoms with Crippen molar-refractivity contribution in [3.8, 4) is 0 Å². The van der Waals surface area contributed by atoms with Gasteiger partial charge >= 0.3 is 0 Å². The fraction of sp³-hybridized carbons (Fsp3) is 0.389. The van der Waals surface area contributed by atoms with Crippen LogP contribution in [0.2, 0.25) is 5.02 Å². The molecule has 3 rings (SSSR count). The molecule has 22 heavy (non-hydrogen) atoms. The Hall–Kier alpha value is -1.74. The molecule has 0 saturated carbocycles. The minimum absolute atomic E-state index is 0.0379. The second kappa shape index (κ2) is 5.81. The summed E-state index contributed by atoms with van der Waals surface area (Å²) in [5, 5.41) is 3.55. The van der Waals surface area contributed by atoms with Crippen LogP contribution in [0.5, 0.6) is 0 Å². The first-order valence-electron chi connectivity index (χ1n) is 7.56. The number of hydrogen-bond acceptors (Lipinski definition) is 2. The van der Waals surface area contributed by atoms with Gasteiger partial charge in [-0.3, -0.25) is 4.79 Å². The Morgan fingerprint density at radius 1 is 1.41 bits per heavy atom. The monoisotopic (exact) mass is 317 g/mol. The number of nitrogens with one attached hydrogen (secondary N) is 1. The zero-order chi connectivity index (χ0) is 15.9. The molecule has 3 nitrogen and oxygen atoms in total. The molecule has 1 N–H and O–H groups in total. The van der Waals surface area contributed by atoms with E-state index in [1.807, 2.05) is 12.1 Å². The molecule has 1 aromatic rings. The zero-order valence-corrected chi connectivity index (χ0v) is 13.8. The van der Waals surface area contributed by atoms with E-state index in [4.69, 9.17) is 16.3 Å². The van der Waals surface area contributed by atoms with E-state index >= 15 is 0 Å². The maximum atomic E-state index is 12.2. The molecular weight excluding hydrogens is 298 g/mol. The second-order valence-corrected chi connectivity index (χ2v) is 6.61. The summed E-state index contributed by atoms with van der Waals surface area (Å²) in [4.78, 5) is 12.2. The normalized spacial score (nSPS) is 26.2. The second-order valence-electron chi connectivity index (χ2n) is 6.17. The van der Waals surface area contributed by atoms with Crippen LogP contribution in [0.25, 0.3) is 5.57 Å². The largest absolute Gasteiger partial charge is 0.501 e. The molecule has 4 heteroatoms. The van der Waals surface area contributed by atoms with Crippen LogP contribution in [-0.4, -0.2) is 13.0 Å². The lowest BCUT2D eigenvalue weighted by Crippen LogP contribution is -2.17. The number of hydrogen-bond donors (Lipinski definition) is 1. The van der Waals surface area contributed by atoms with Gasteiger partial charge in [0, 0.05) is 27.8 Å². The van der Waals surface area contributed by atoms with E-state index in [2.05, 4.69) is 25.2 Å². The molecule has 0 aromatic heterocycles. The van der Waals surface area contributed by atoms with Gasteiger partial charge in [-0.1, -0.05) is 24.6 Å². The summed E-state index contributed by atoms with van der Waals surface area (Å²) in [6, 6.07) is 5.51. The molecule has 2 aliphatic rings. The Kier molecular flexibility index (Phi) is 4.00. The van der Waals surface area contributed by atoms with Crippen LogP contribution in [0.4, 0.5) is 5.69 Å². The summed E-state index contributed by atoms with van der Waals surface area (Å²) in [5.41, 5.74) is 3.76. The number of carbonyl (C=O) groups is 1. The number of halogens is 1. The van der Waals surface area contributed by atoms with E-state index in [-0.39, 0.29) is 5.91 Å². The van der Waals surface area contributed by atoms with Crippen LogP contribution >= 0.6 is 11.6 Å². The van der Waals surface area contributed by atoms with Crippen molar-refractivity contribution >= 4 is 28.8 Å². The Labute approximate surface area is 136 Å². The third-order valence-corrected chi connectivity index (χ3v) is 4.71. The van der Waals surface area contributed by atoms with Crippen LogP contribution in [0.1, 0.15) is 32.3 Å². The Morgan fingerprint density at radius 2 is 2.18 bits per heavy atom. The van der Waals surface area contributed by atoms with Crippen molar-refractivity contribution in [2.24, 2.45) is 11.8 Å². The highest BCUT2D eigenvalue weighted by molar-refractivity contribution is 6.34. The molecule has 1 aromatic carbocycles. The number of allylic oxidation sites excluding steroid dienone is 3.